The average Bonchev–Trinajstić information content (AvgIpc) is 2.33. The first-order valence-electron chi connectivity index (χ1n) is 6.64. The van der Waals surface area contributed by atoms with Crippen LogP contribution in [-0.4, -0.2) is 23.4 Å². The van der Waals surface area contributed by atoms with E-state index in [1.807, 2.05) is 20.8 Å². The molecule has 1 unspecified atom stereocenters. The molecule has 1 amide bonds. The van der Waals surface area contributed by atoms with Crippen molar-refractivity contribution >= 4 is 11.7 Å². The second-order valence-corrected chi connectivity index (χ2v) is 5.54. The topological polar surface area (TPSA) is 78.6 Å². The van der Waals surface area contributed by atoms with Crippen LogP contribution in [0.2, 0.25) is 0 Å². The zero-order valence-electron chi connectivity index (χ0n) is 11.9. The Hall–Kier alpha value is -2.04. The number of nitrogens with two attached hydrogens (primary N) is 1. The Labute approximate surface area is 118 Å². The molecule has 1 heterocycles. The molecule has 5 nitrogen and oxygen atoms in total. The lowest BCUT2D eigenvalue weighted by atomic mass is 9.93. The molecular weight excluding hydrogens is 258 g/mol. The quantitative estimate of drug-likeness (QED) is 0.913. The molecule has 0 aliphatic carbocycles. The highest BCUT2D eigenvalue weighted by atomic mass is 16.5. The summed E-state index contributed by atoms with van der Waals surface area (Å²) < 4.78 is 11.3. The predicted molar refractivity (Wildman–Crippen MR) is 74.0 cm³/mol. The smallest absolute Gasteiger partial charge is 0.258 e. The van der Waals surface area contributed by atoms with Gasteiger partial charge in [0.1, 0.15) is 17.1 Å². The van der Waals surface area contributed by atoms with Crippen LogP contribution < -0.4 is 15.2 Å². The minimum atomic E-state index is -0.680. The lowest BCUT2D eigenvalue weighted by Gasteiger charge is -2.31. The number of ketones is 1. The van der Waals surface area contributed by atoms with Crippen LogP contribution in [-0.2, 0) is 4.79 Å². The van der Waals surface area contributed by atoms with Crippen LogP contribution in [0.25, 0.3) is 0 Å². The third-order valence-corrected chi connectivity index (χ3v) is 3.19. The zero-order valence-corrected chi connectivity index (χ0v) is 11.9. The summed E-state index contributed by atoms with van der Waals surface area (Å²) in [5.41, 5.74) is 5.26. The minimum Gasteiger partial charge on any atom is -0.486 e. The van der Waals surface area contributed by atoms with E-state index >= 15 is 0 Å². The van der Waals surface area contributed by atoms with Crippen LogP contribution in [0.5, 0.6) is 11.5 Å². The standard InChI is InChI=1S/C15H19NO4/c1-4-12(14(16)18)19-9-5-6-10-11(17)8-15(2,3)20-13(10)7-9/h5-7,12H,4,8H2,1-3H3,(H2,16,18). The summed E-state index contributed by atoms with van der Waals surface area (Å²) in [6, 6.07) is 4.96. The molecule has 20 heavy (non-hydrogen) atoms. The Morgan fingerprint density at radius 2 is 2.20 bits per heavy atom. The highest BCUT2D eigenvalue weighted by Crippen LogP contribution is 2.35. The number of carbonyl (C=O) groups is 2. The Bertz CT molecular complexity index is 551. The molecule has 0 aromatic heterocycles. The van der Waals surface area contributed by atoms with Gasteiger partial charge in [-0.3, -0.25) is 9.59 Å². The van der Waals surface area contributed by atoms with E-state index in [1.165, 1.54) is 0 Å². The highest BCUT2D eigenvalue weighted by Gasteiger charge is 2.32. The van der Waals surface area contributed by atoms with Gasteiger partial charge in [-0.05, 0) is 32.4 Å². The fourth-order valence-electron chi connectivity index (χ4n) is 2.21. The lowest BCUT2D eigenvalue weighted by molar-refractivity contribution is -0.124. The third kappa shape index (κ3) is 2.92. The molecule has 0 spiro atoms. The van der Waals surface area contributed by atoms with Crippen LogP contribution in [0.3, 0.4) is 0 Å². The first kappa shape index (κ1) is 14.4. The molecule has 0 radical (unpaired) electrons. The summed E-state index contributed by atoms with van der Waals surface area (Å²) >= 11 is 0. The fraction of sp³-hybridized carbons (Fsp3) is 0.467. The van der Waals surface area contributed by atoms with Crippen molar-refractivity contribution in [2.45, 2.75) is 45.3 Å². The number of hydrogen-bond acceptors (Lipinski definition) is 4. The maximum Gasteiger partial charge on any atom is 0.258 e. The number of rotatable bonds is 4. The van der Waals surface area contributed by atoms with Crippen molar-refractivity contribution in [3.63, 3.8) is 0 Å². The number of amides is 1. The van der Waals surface area contributed by atoms with E-state index in [9.17, 15) is 9.59 Å². The molecule has 1 aromatic rings. The van der Waals surface area contributed by atoms with Crippen LogP contribution in [0.15, 0.2) is 18.2 Å². The summed E-state index contributed by atoms with van der Waals surface area (Å²) in [6.45, 7) is 5.54. The lowest BCUT2D eigenvalue weighted by Crippen LogP contribution is -2.36. The van der Waals surface area contributed by atoms with Gasteiger partial charge in [0.2, 0.25) is 0 Å². The van der Waals surface area contributed by atoms with Crippen LogP contribution >= 0.6 is 0 Å². The number of hydrogen-bond donors (Lipinski definition) is 1. The number of ether oxygens (including phenoxy) is 2. The molecule has 0 bridgehead atoms. The predicted octanol–water partition coefficient (Wildman–Crippen LogP) is 2.07. The van der Waals surface area contributed by atoms with E-state index in [0.717, 1.165) is 0 Å². The van der Waals surface area contributed by atoms with Gasteiger partial charge in [0.15, 0.2) is 11.9 Å². The molecule has 1 aliphatic rings. The first-order chi connectivity index (χ1) is 9.32. The summed E-state index contributed by atoms with van der Waals surface area (Å²) in [4.78, 5) is 23.2. The normalized spacial score (nSPS) is 17.9. The third-order valence-electron chi connectivity index (χ3n) is 3.19. The second-order valence-electron chi connectivity index (χ2n) is 5.54. The van der Waals surface area contributed by atoms with Crippen LogP contribution in [0.4, 0.5) is 0 Å². The summed E-state index contributed by atoms with van der Waals surface area (Å²) in [7, 11) is 0. The van der Waals surface area contributed by atoms with Gasteiger partial charge in [-0.2, -0.15) is 0 Å². The van der Waals surface area contributed by atoms with E-state index < -0.39 is 17.6 Å². The van der Waals surface area contributed by atoms with Gasteiger partial charge in [-0.25, -0.2) is 0 Å². The van der Waals surface area contributed by atoms with E-state index in [-0.39, 0.29) is 5.78 Å². The molecule has 0 saturated carbocycles. The Morgan fingerprint density at radius 1 is 1.50 bits per heavy atom. The maximum absolute atomic E-state index is 12.0. The molecule has 5 heteroatoms. The van der Waals surface area contributed by atoms with Crippen molar-refractivity contribution in [3.8, 4) is 11.5 Å². The summed E-state index contributed by atoms with van der Waals surface area (Å²) in [5, 5.41) is 0. The number of fused-ring (bicyclic) bond motifs is 1. The van der Waals surface area contributed by atoms with E-state index in [2.05, 4.69) is 0 Å². The number of primary amides is 1. The number of Topliss-reactive ketones (excluding diaryl/α,β-unsaturated/α-hetero) is 1. The Morgan fingerprint density at radius 3 is 2.80 bits per heavy atom. The number of carbonyl (C=O) groups excluding carboxylic acids is 2. The largest absolute Gasteiger partial charge is 0.486 e. The summed E-state index contributed by atoms with van der Waals surface area (Å²) in [6.07, 6.45) is 0.150. The second kappa shape index (κ2) is 5.15. The van der Waals surface area contributed by atoms with Gasteiger partial charge < -0.3 is 15.2 Å². The Kier molecular flexibility index (Phi) is 3.70. The van der Waals surface area contributed by atoms with E-state index in [1.54, 1.807) is 18.2 Å². The first-order valence-corrected chi connectivity index (χ1v) is 6.64. The van der Waals surface area contributed by atoms with Gasteiger partial charge in [0, 0.05) is 6.07 Å². The van der Waals surface area contributed by atoms with Crippen molar-refractivity contribution < 1.29 is 19.1 Å². The monoisotopic (exact) mass is 277 g/mol. The van der Waals surface area contributed by atoms with Crippen molar-refractivity contribution in [1.29, 1.82) is 0 Å². The van der Waals surface area contributed by atoms with E-state index in [4.69, 9.17) is 15.2 Å². The van der Waals surface area contributed by atoms with Crippen molar-refractivity contribution in [2.75, 3.05) is 0 Å². The average molecular weight is 277 g/mol. The molecule has 0 fully saturated rings. The van der Waals surface area contributed by atoms with Crippen molar-refractivity contribution in [3.05, 3.63) is 23.8 Å². The van der Waals surface area contributed by atoms with Crippen molar-refractivity contribution in [1.82, 2.24) is 0 Å². The van der Waals surface area contributed by atoms with Gasteiger partial charge >= 0.3 is 0 Å². The highest BCUT2D eigenvalue weighted by molar-refractivity contribution is 6.00. The van der Waals surface area contributed by atoms with Crippen LogP contribution in [0.1, 0.15) is 44.0 Å². The van der Waals surface area contributed by atoms with Gasteiger partial charge in [-0.1, -0.05) is 6.92 Å². The molecule has 2 N–H and O–H groups in total. The maximum atomic E-state index is 12.0. The molecular formula is C15H19NO4. The summed E-state index contributed by atoms with van der Waals surface area (Å²) in [5.74, 6) is 0.496. The molecule has 2 rings (SSSR count). The molecule has 1 aliphatic heterocycles. The molecule has 0 saturated heterocycles. The van der Waals surface area contributed by atoms with E-state index in [0.29, 0.717) is 29.9 Å². The van der Waals surface area contributed by atoms with Crippen molar-refractivity contribution in [2.24, 2.45) is 5.73 Å². The molecule has 1 aromatic carbocycles. The fourth-order valence-corrected chi connectivity index (χ4v) is 2.21. The number of benzene rings is 1. The van der Waals surface area contributed by atoms with Gasteiger partial charge in [-0.15, -0.1) is 0 Å². The minimum absolute atomic E-state index is 0.0461. The zero-order chi connectivity index (χ0) is 14.9. The SMILES string of the molecule is CCC(Oc1ccc2c(c1)OC(C)(C)CC2=O)C(N)=O. The van der Waals surface area contributed by atoms with Gasteiger partial charge in [0.25, 0.3) is 5.91 Å². The van der Waals surface area contributed by atoms with Gasteiger partial charge in [0.05, 0.1) is 12.0 Å². The van der Waals surface area contributed by atoms with Crippen LogP contribution in [0, 0.1) is 0 Å². The molecule has 108 valence electrons. The Balaban J connectivity index is 2.28. The molecule has 1 atom stereocenters.